The first kappa shape index (κ1) is 41.0. The van der Waals surface area contributed by atoms with Gasteiger partial charge in [-0.1, -0.05) is 196 Å². The number of nitrogens with zero attached hydrogens (tertiary/aromatic N) is 4. The molecule has 0 unspecified atom stereocenters. The van der Waals surface area contributed by atoms with Crippen LogP contribution in [-0.4, -0.2) is 19.9 Å². The predicted octanol–water partition coefficient (Wildman–Crippen LogP) is 16.1. The molecule has 10 rings (SSSR count). The van der Waals surface area contributed by atoms with E-state index in [9.17, 15) is 0 Å². The summed E-state index contributed by atoms with van der Waals surface area (Å²) in [5, 5.41) is 4.25. The van der Waals surface area contributed by atoms with Crippen molar-refractivity contribution in [1.29, 1.82) is 0 Å². The zero-order valence-electron chi connectivity index (χ0n) is 38.4. The molecule has 0 spiro atoms. The van der Waals surface area contributed by atoms with Gasteiger partial charge in [-0.05, 0) is 74.4 Å². The zero-order valence-corrected chi connectivity index (χ0v) is 38.4. The molecule has 0 radical (unpaired) electrons. The molecular weight excluding hydrogens is 777 g/mol. The second-order valence-corrected chi connectivity index (χ2v) is 20.4. The van der Waals surface area contributed by atoms with Crippen LogP contribution in [0.15, 0.2) is 164 Å². The highest BCUT2D eigenvalue weighted by molar-refractivity contribution is 6.10. The maximum Gasteiger partial charge on any atom is 0.0978 e. The highest BCUT2D eigenvalue weighted by atomic mass is 14.8. The van der Waals surface area contributed by atoms with Crippen LogP contribution in [0.3, 0.4) is 0 Å². The van der Waals surface area contributed by atoms with Gasteiger partial charge >= 0.3 is 0 Å². The molecule has 0 saturated heterocycles. The summed E-state index contributed by atoms with van der Waals surface area (Å²) in [5.74, 6) is 0. The number of hydrogen-bond acceptors (Lipinski definition) is 4. The minimum Gasteiger partial charge on any atom is -0.245 e. The Kier molecular flexibility index (Phi) is 9.83. The van der Waals surface area contributed by atoms with Crippen molar-refractivity contribution in [2.75, 3.05) is 0 Å². The van der Waals surface area contributed by atoms with Crippen LogP contribution in [0.5, 0.6) is 0 Å². The van der Waals surface area contributed by atoms with E-state index in [1.54, 1.807) is 0 Å². The van der Waals surface area contributed by atoms with Gasteiger partial charge in [-0.3, -0.25) is 0 Å². The van der Waals surface area contributed by atoms with E-state index < -0.39 is 0 Å². The van der Waals surface area contributed by atoms with Crippen LogP contribution < -0.4 is 0 Å². The molecule has 64 heavy (non-hydrogen) atoms. The minimum atomic E-state index is 0.0475. The minimum absolute atomic E-state index is 0.0475. The van der Waals surface area contributed by atoms with Crippen LogP contribution in [0.25, 0.3) is 99.8 Å². The molecule has 6 aromatic carbocycles. The van der Waals surface area contributed by atoms with E-state index in [0.717, 1.165) is 99.8 Å². The van der Waals surface area contributed by atoms with Crippen LogP contribution in [0.1, 0.15) is 79.0 Å². The molecule has 4 nitrogen and oxygen atoms in total. The number of hydrogen-bond donors (Lipinski definition) is 0. The lowest BCUT2D eigenvalue weighted by atomic mass is 9.86. The largest absolute Gasteiger partial charge is 0.245 e. The summed E-state index contributed by atoms with van der Waals surface area (Å²) >= 11 is 0. The van der Waals surface area contributed by atoms with Crippen LogP contribution >= 0.6 is 0 Å². The molecule has 314 valence electrons. The zero-order chi connectivity index (χ0) is 44.5. The highest BCUT2D eigenvalue weighted by Crippen LogP contribution is 2.38. The summed E-state index contributed by atoms with van der Waals surface area (Å²) in [6, 6.07) is 59.0. The number of fused-ring (bicyclic) bond motifs is 6. The second-order valence-electron chi connectivity index (χ2n) is 20.4. The SMILES string of the molecule is CC(C)(C)c1ccc(-c2ccc3ccc4ccc(-c5cccc(-c6cc(-c7ccc(C(C)(C)C)cc7)c7ccc8ccc(-c9ccc(C(C)(C)C)cc9)nc8c7n6)c5)nc4c3n2)cc1. The van der Waals surface area contributed by atoms with Gasteiger partial charge < -0.3 is 0 Å². The van der Waals surface area contributed by atoms with Crippen molar-refractivity contribution in [3.05, 3.63) is 180 Å². The predicted molar refractivity (Wildman–Crippen MR) is 271 cm³/mol. The second kappa shape index (κ2) is 15.3. The van der Waals surface area contributed by atoms with Gasteiger partial charge in [0.1, 0.15) is 0 Å². The molecule has 0 aliphatic carbocycles. The van der Waals surface area contributed by atoms with Gasteiger partial charge in [-0.2, -0.15) is 0 Å². The number of aromatic nitrogens is 4. The van der Waals surface area contributed by atoms with Crippen molar-refractivity contribution in [2.24, 2.45) is 0 Å². The Bertz CT molecular complexity index is 3400. The summed E-state index contributed by atoms with van der Waals surface area (Å²) in [6.45, 7) is 20.2. The average Bonchev–Trinajstić information content (AvgIpc) is 3.30. The Labute approximate surface area is 377 Å². The third-order valence-electron chi connectivity index (χ3n) is 12.8. The molecule has 0 aliphatic heterocycles. The fraction of sp³-hybridized carbons (Fsp3) is 0.200. The van der Waals surface area contributed by atoms with E-state index in [1.165, 1.54) is 16.7 Å². The Morgan fingerprint density at radius 2 is 0.625 bits per heavy atom. The molecule has 0 fully saturated rings. The summed E-state index contributed by atoms with van der Waals surface area (Å²) in [5.41, 5.74) is 17.8. The molecule has 0 atom stereocenters. The van der Waals surface area contributed by atoms with E-state index in [4.69, 9.17) is 19.9 Å². The van der Waals surface area contributed by atoms with E-state index in [1.807, 2.05) is 0 Å². The topological polar surface area (TPSA) is 51.6 Å². The van der Waals surface area contributed by atoms with Gasteiger partial charge in [-0.15, -0.1) is 0 Å². The number of benzene rings is 6. The van der Waals surface area contributed by atoms with E-state index in [-0.39, 0.29) is 16.2 Å². The third kappa shape index (κ3) is 7.72. The van der Waals surface area contributed by atoms with E-state index >= 15 is 0 Å². The van der Waals surface area contributed by atoms with Crippen molar-refractivity contribution in [3.8, 4) is 56.2 Å². The lowest BCUT2D eigenvalue weighted by Gasteiger charge is -2.20. The van der Waals surface area contributed by atoms with E-state index in [0.29, 0.717) is 0 Å². The van der Waals surface area contributed by atoms with Crippen molar-refractivity contribution in [3.63, 3.8) is 0 Å². The molecule has 0 N–H and O–H groups in total. The van der Waals surface area contributed by atoms with Gasteiger partial charge in [0.25, 0.3) is 0 Å². The van der Waals surface area contributed by atoms with Gasteiger partial charge in [0, 0.05) is 43.8 Å². The first-order chi connectivity index (χ1) is 30.6. The molecule has 0 bridgehead atoms. The summed E-state index contributed by atoms with van der Waals surface area (Å²) in [7, 11) is 0. The molecule has 0 saturated carbocycles. The fourth-order valence-electron chi connectivity index (χ4n) is 8.78. The molecule has 4 heterocycles. The van der Waals surface area contributed by atoms with Gasteiger partial charge in [0.2, 0.25) is 0 Å². The Balaban J connectivity index is 1.10. The summed E-state index contributed by atoms with van der Waals surface area (Å²) < 4.78 is 0. The van der Waals surface area contributed by atoms with E-state index in [2.05, 4.69) is 226 Å². The maximum absolute atomic E-state index is 5.49. The van der Waals surface area contributed by atoms with Crippen LogP contribution in [0.4, 0.5) is 0 Å². The molecule has 4 aromatic heterocycles. The molecule has 10 aromatic rings. The normalized spacial score (nSPS) is 12.5. The van der Waals surface area contributed by atoms with Crippen LogP contribution in [-0.2, 0) is 16.2 Å². The van der Waals surface area contributed by atoms with Gasteiger partial charge in [-0.25, -0.2) is 19.9 Å². The highest BCUT2D eigenvalue weighted by Gasteiger charge is 2.19. The molecule has 0 amide bonds. The average molecular weight is 831 g/mol. The first-order valence-corrected chi connectivity index (χ1v) is 22.5. The van der Waals surface area contributed by atoms with Crippen molar-refractivity contribution in [1.82, 2.24) is 19.9 Å². The lowest BCUT2D eigenvalue weighted by Crippen LogP contribution is -2.10. The smallest absolute Gasteiger partial charge is 0.0978 e. The molecular formula is C60H54N4. The van der Waals surface area contributed by atoms with Gasteiger partial charge in [0.15, 0.2) is 0 Å². The van der Waals surface area contributed by atoms with Crippen molar-refractivity contribution < 1.29 is 0 Å². The van der Waals surface area contributed by atoms with Crippen LogP contribution in [0.2, 0.25) is 0 Å². The van der Waals surface area contributed by atoms with Gasteiger partial charge in [0.05, 0.1) is 44.8 Å². The fourth-order valence-corrected chi connectivity index (χ4v) is 8.78. The number of rotatable bonds is 5. The Morgan fingerprint density at radius 1 is 0.281 bits per heavy atom. The monoisotopic (exact) mass is 830 g/mol. The Hall–Kier alpha value is -7.04. The summed E-state index contributed by atoms with van der Waals surface area (Å²) in [4.78, 5) is 21.4. The first-order valence-electron chi connectivity index (χ1n) is 22.5. The van der Waals surface area contributed by atoms with Crippen molar-refractivity contribution >= 4 is 43.6 Å². The maximum atomic E-state index is 5.49. The number of pyridine rings is 4. The standard InChI is InChI=1S/C60H54N4/c1-58(2,3)45-25-15-37(16-26-45)49-36-53(64-57-48(49)31-21-42-23-33-51(62-56(42)57)39-19-29-47(30-20-39)60(7,8)9)44-12-10-11-43(35-44)52-34-24-41-14-13-40-22-32-50(61-54(40)55(41)63-52)38-17-27-46(28-18-38)59(4,5)6/h10-36H,1-9H3. The quantitative estimate of drug-likeness (QED) is 0.162. The third-order valence-corrected chi connectivity index (χ3v) is 12.8. The summed E-state index contributed by atoms with van der Waals surface area (Å²) in [6.07, 6.45) is 0. The van der Waals surface area contributed by atoms with Crippen molar-refractivity contribution in [2.45, 2.75) is 78.6 Å². The molecule has 0 aliphatic rings. The van der Waals surface area contributed by atoms with Crippen LogP contribution in [0, 0.1) is 0 Å². The lowest BCUT2D eigenvalue weighted by molar-refractivity contribution is 0.590. The Morgan fingerprint density at radius 3 is 1.06 bits per heavy atom. The molecule has 4 heteroatoms.